The highest BCUT2D eigenvalue weighted by Gasteiger charge is 2.23. The molecule has 2 rings (SSSR count). The average Bonchev–Trinajstić information content (AvgIpc) is 3.12. The van der Waals surface area contributed by atoms with E-state index < -0.39 is 25.4 Å². The van der Waals surface area contributed by atoms with Crippen LogP contribution in [0.2, 0.25) is 0 Å². The van der Waals surface area contributed by atoms with E-state index in [2.05, 4.69) is 11.9 Å². The van der Waals surface area contributed by atoms with Crippen LogP contribution in [0.4, 0.5) is 5.69 Å². The summed E-state index contributed by atoms with van der Waals surface area (Å²) in [5.41, 5.74) is 1.42. The Kier molecular flexibility index (Phi) is 7.55. The van der Waals surface area contributed by atoms with Gasteiger partial charge in [0, 0.05) is 12.1 Å². The summed E-state index contributed by atoms with van der Waals surface area (Å²) in [5.74, 6) is -0.936. The highest BCUT2D eigenvalue weighted by molar-refractivity contribution is 7.07. The van der Waals surface area contributed by atoms with Crippen LogP contribution < -0.4 is 10.2 Å². The number of carbonyl (C=O) groups is 2. The zero-order chi connectivity index (χ0) is 18.9. The fourth-order valence-corrected chi connectivity index (χ4v) is 2.97. The van der Waals surface area contributed by atoms with Gasteiger partial charge in [-0.1, -0.05) is 24.8 Å². The zero-order valence-electron chi connectivity index (χ0n) is 13.9. The summed E-state index contributed by atoms with van der Waals surface area (Å²) in [5, 5.41) is 24.4. The van der Waals surface area contributed by atoms with E-state index in [0.717, 1.165) is 11.6 Å². The Bertz CT molecular complexity index is 724. The normalized spacial score (nSPS) is 11.5. The average molecular weight is 374 g/mol. The summed E-state index contributed by atoms with van der Waals surface area (Å²) in [4.78, 5) is 25.7. The van der Waals surface area contributed by atoms with Crippen molar-refractivity contribution in [2.24, 2.45) is 0 Å². The second-order valence-corrected chi connectivity index (χ2v) is 6.10. The number of rotatable bonds is 9. The highest BCUT2D eigenvalue weighted by atomic mass is 32.1. The number of amides is 2. The number of nitrogens with zero attached hydrogens (tertiary/aromatic N) is 1. The number of carbonyl (C=O) groups excluding carboxylic acids is 2. The summed E-state index contributed by atoms with van der Waals surface area (Å²) in [6, 6.07) is 10.5. The molecule has 0 radical (unpaired) electrons. The number of anilines is 1. The maximum absolute atomic E-state index is 12.4. The maximum atomic E-state index is 12.4. The number of hydrogen-bond acceptors (Lipinski definition) is 6. The number of para-hydroxylation sites is 1. The molecule has 0 aliphatic heterocycles. The number of thiophene rings is 1. The molecule has 26 heavy (non-hydrogen) atoms. The van der Waals surface area contributed by atoms with Crippen molar-refractivity contribution in [1.82, 2.24) is 5.32 Å². The Morgan fingerprint density at radius 1 is 1.31 bits per heavy atom. The lowest BCUT2D eigenvalue weighted by Gasteiger charge is -2.24. The quantitative estimate of drug-likeness (QED) is 0.345. The first-order valence-electron chi connectivity index (χ1n) is 7.80. The standard InChI is InChI=1S/C17H19BN2O5S/c1-2-17(22)20(14-6-4-3-5-7-14)11-15(21)19-16(25-18(23)24)10-13-8-9-26-12-13/h2-9,12,16,23-24H,1,10-11H2,(H,19,21)/t16-/m1/s1. The van der Waals surface area contributed by atoms with Gasteiger partial charge in [-0.2, -0.15) is 11.3 Å². The molecule has 0 bridgehead atoms. The molecule has 0 aliphatic carbocycles. The smallest absolute Gasteiger partial charge is 0.402 e. The van der Waals surface area contributed by atoms with Crippen LogP contribution in [0, 0.1) is 0 Å². The second-order valence-electron chi connectivity index (χ2n) is 5.32. The van der Waals surface area contributed by atoms with Gasteiger partial charge in [-0.3, -0.25) is 14.5 Å². The molecule has 1 aromatic heterocycles. The van der Waals surface area contributed by atoms with Crippen molar-refractivity contribution in [3.63, 3.8) is 0 Å². The lowest BCUT2D eigenvalue weighted by Crippen LogP contribution is -2.47. The Balaban J connectivity index is 2.06. The Labute approximate surface area is 155 Å². The molecule has 9 heteroatoms. The van der Waals surface area contributed by atoms with E-state index in [1.165, 1.54) is 16.2 Å². The third-order valence-corrected chi connectivity index (χ3v) is 4.15. The molecule has 0 spiro atoms. The molecule has 0 fully saturated rings. The summed E-state index contributed by atoms with van der Waals surface area (Å²) in [6.45, 7) is 3.19. The monoisotopic (exact) mass is 374 g/mol. The highest BCUT2D eigenvalue weighted by Crippen LogP contribution is 2.14. The molecule has 0 aliphatic rings. The third kappa shape index (κ3) is 6.12. The molecule has 7 nitrogen and oxygen atoms in total. The summed E-state index contributed by atoms with van der Waals surface area (Å²) < 4.78 is 4.93. The van der Waals surface area contributed by atoms with Crippen LogP contribution in [0.25, 0.3) is 0 Å². The molecular formula is C17H19BN2O5S. The van der Waals surface area contributed by atoms with Crippen LogP contribution in [-0.2, 0) is 20.7 Å². The Morgan fingerprint density at radius 2 is 2.04 bits per heavy atom. The minimum Gasteiger partial charge on any atom is -0.402 e. The van der Waals surface area contributed by atoms with E-state index >= 15 is 0 Å². The lowest BCUT2D eigenvalue weighted by molar-refractivity contribution is -0.124. The third-order valence-electron chi connectivity index (χ3n) is 3.42. The zero-order valence-corrected chi connectivity index (χ0v) is 14.8. The Morgan fingerprint density at radius 3 is 2.62 bits per heavy atom. The van der Waals surface area contributed by atoms with Gasteiger partial charge < -0.3 is 20.0 Å². The topological polar surface area (TPSA) is 99.1 Å². The van der Waals surface area contributed by atoms with Crippen LogP contribution >= 0.6 is 11.3 Å². The molecule has 0 saturated carbocycles. The van der Waals surface area contributed by atoms with Gasteiger partial charge in [-0.05, 0) is 40.6 Å². The van der Waals surface area contributed by atoms with Gasteiger partial charge in [0.1, 0.15) is 12.8 Å². The van der Waals surface area contributed by atoms with E-state index in [0.29, 0.717) is 5.69 Å². The largest absolute Gasteiger partial charge is 0.635 e. The fourth-order valence-electron chi connectivity index (χ4n) is 2.29. The molecule has 3 N–H and O–H groups in total. The minimum absolute atomic E-state index is 0.258. The number of nitrogens with one attached hydrogen (secondary N) is 1. The molecule has 2 amide bonds. The van der Waals surface area contributed by atoms with Gasteiger partial charge in [-0.15, -0.1) is 0 Å². The van der Waals surface area contributed by atoms with Crippen LogP contribution in [0.1, 0.15) is 5.56 Å². The van der Waals surface area contributed by atoms with Crippen LogP contribution in [0.5, 0.6) is 0 Å². The number of hydrogen-bond donors (Lipinski definition) is 3. The van der Waals surface area contributed by atoms with Gasteiger partial charge in [-0.25, -0.2) is 0 Å². The van der Waals surface area contributed by atoms with Crippen molar-refractivity contribution in [1.29, 1.82) is 0 Å². The maximum Gasteiger partial charge on any atom is 0.635 e. The number of benzene rings is 1. The minimum atomic E-state index is -2.03. The lowest BCUT2D eigenvalue weighted by atomic mass is 10.2. The fraction of sp³-hybridized carbons (Fsp3) is 0.176. The predicted molar refractivity (Wildman–Crippen MR) is 100 cm³/mol. The van der Waals surface area contributed by atoms with E-state index in [-0.39, 0.29) is 13.0 Å². The SMILES string of the molecule is C=CC(=O)N(CC(=O)N[C@@H](Cc1ccsc1)OB(O)O)c1ccccc1. The van der Waals surface area contributed by atoms with Crippen molar-refractivity contribution < 1.29 is 24.3 Å². The van der Waals surface area contributed by atoms with Crippen LogP contribution in [-0.4, -0.2) is 42.0 Å². The second kappa shape index (κ2) is 9.88. The van der Waals surface area contributed by atoms with Gasteiger partial charge in [0.25, 0.3) is 5.91 Å². The van der Waals surface area contributed by atoms with E-state index in [4.69, 9.17) is 14.7 Å². The molecular weight excluding hydrogens is 355 g/mol. The predicted octanol–water partition coefficient (Wildman–Crippen LogP) is 0.938. The molecule has 2 aromatic rings. The van der Waals surface area contributed by atoms with E-state index in [1.807, 2.05) is 16.8 Å². The van der Waals surface area contributed by atoms with Gasteiger partial charge >= 0.3 is 7.32 Å². The van der Waals surface area contributed by atoms with Crippen LogP contribution in [0.3, 0.4) is 0 Å². The van der Waals surface area contributed by atoms with Crippen molar-refractivity contribution >= 4 is 36.2 Å². The summed E-state index contributed by atoms with van der Waals surface area (Å²) in [7, 11) is -2.03. The van der Waals surface area contributed by atoms with Crippen molar-refractivity contribution in [2.45, 2.75) is 12.6 Å². The molecule has 0 saturated heterocycles. The summed E-state index contributed by atoms with van der Waals surface area (Å²) in [6.07, 6.45) is 0.429. The van der Waals surface area contributed by atoms with Gasteiger partial charge in [0.05, 0.1) is 0 Å². The molecule has 1 heterocycles. The molecule has 0 unspecified atom stereocenters. The summed E-state index contributed by atoms with van der Waals surface area (Å²) >= 11 is 1.48. The van der Waals surface area contributed by atoms with Crippen molar-refractivity contribution in [2.75, 3.05) is 11.4 Å². The van der Waals surface area contributed by atoms with Crippen molar-refractivity contribution in [3.05, 3.63) is 65.4 Å². The molecule has 1 atom stereocenters. The van der Waals surface area contributed by atoms with E-state index in [1.54, 1.807) is 30.3 Å². The van der Waals surface area contributed by atoms with Gasteiger partial charge in [0.15, 0.2) is 0 Å². The Hall–Kier alpha value is -2.46. The molecule has 1 aromatic carbocycles. The first-order valence-corrected chi connectivity index (χ1v) is 8.75. The van der Waals surface area contributed by atoms with Crippen molar-refractivity contribution in [3.8, 4) is 0 Å². The first-order chi connectivity index (χ1) is 12.5. The molecule has 136 valence electrons. The van der Waals surface area contributed by atoms with Crippen LogP contribution in [0.15, 0.2) is 59.8 Å². The van der Waals surface area contributed by atoms with Gasteiger partial charge in [0.2, 0.25) is 5.91 Å². The first kappa shape index (κ1) is 19.9. The van der Waals surface area contributed by atoms with E-state index in [9.17, 15) is 9.59 Å².